The van der Waals surface area contributed by atoms with Gasteiger partial charge in [0.15, 0.2) is 11.5 Å². The molecule has 0 heterocycles. The van der Waals surface area contributed by atoms with Crippen LogP contribution in [-0.4, -0.2) is 19.2 Å². The molecule has 5 nitrogen and oxygen atoms in total. The van der Waals surface area contributed by atoms with Gasteiger partial charge in [0.1, 0.15) is 6.61 Å². The minimum Gasteiger partial charge on any atom is -0.493 e. The zero-order chi connectivity index (χ0) is 21.5. The topological polar surface area (TPSA) is 59.9 Å². The van der Waals surface area contributed by atoms with Gasteiger partial charge in [-0.05, 0) is 63.5 Å². The Morgan fingerprint density at radius 3 is 2.57 bits per heavy atom. The molecule has 0 unspecified atom stereocenters. The molecule has 0 aromatic heterocycles. The highest BCUT2D eigenvalue weighted by Crippen LogP contribution is 2.37. The smallest absolute Gasteiger partial charge is 0.272 e. The van der Waals surface area contributed by atoms with Gasteiger partial charge in [0.25, 0.3) is 5.91 Å². The fraction of sp³-hybridized carbons (Fsp3) is 0.0909. The second-order valence-corrected chi connectivity index (χ2v) is 8.31. The number of hydrazone groups is 1. The van der Waals surface area contributed by atoms with Gasteiger partial charge in [-0.25, -0.2) is 5.43 Å². The van der Waals surface area contributed by atoms with Gasteiger partial charge in [-0.15, -0.1) is 0 Å². The van der Waals surface area contributed by atoms with Crippen LogP contribution in [0.15, 0.2) is 74.7 Å². The number of ether oxygens (including phenoxy) is 2. The van der Waals surface area contributed by atoms with Crippen LogP contribution in [-0.2, 0) is 6.61 Å². The van der Waals surface area contributed by atoms with Crippen molar-refractivity contribution in [3.8, 4) is 11.5 Å². The molecule has 0 atom stereocenters. The summed E-state index contributed by atoms with van der Waals surface area (Å²) in [5, 5.41) is 4.37. The predicted molar refractivity (Wildman–Crippen MR) is 126 cm³/mol. The maximum atomic E-state index is 12.2. The van der Waals surface area contributed by atoms with Crippen molar-refractivity contribution in [3.63, 3.8) is 0 Å². The highest BCUT2D eigenvalue weighted by atomic mass is 79.9. The number of carbonyl (C=O) groups is 1. The van der Waals surface area contributed by atoms with E-state index < -0.39 is 5.91 Å². The minimum atomic E-state index is -0.391. The summed E-state index contributed by atoms with van der Waals surface area (Å²) in [7, 11) is 1.56. The predicted octanol–water partition coefficient (Wildman–Crippen LogP) is 6.22. The summed E-state index contributed by atoms with van der Waals surface area (Å²) in [5.41, 5.74) is 4.56. The largest absolute Gasteiger partial charge is 0.493 e. The fourth-order valence-electron chi connectivity index (χ4n) is 2.56. The van der Waals surface area contributed by atoms with E-state index in [0.717, 1.165) is 10.0 Å². The van der Waals surface area contributed by atoms with Crippen LogP contribution in [0, 0.1) is 0 Å². The zero-order valence-electron chi connectivity index (χ0n) is 15.9. The average Bonchev–Trinajstić information content (AvgIpc) is 2.74. The summed E-state index contributed by atoms with van der Waals surface area (Å²) in [5.74, 6) is 0.732. The van der Waals surface area contributed by atoms with E-state index >= 15 is 0 Å². The van der Waals surface area contributed by atoms with Gasteiger partial charge in [0, 0.05) is 4.47 Å². The molecule has 1 amide bonds. The summed E-state index contributed by atoms with van der Waals surface area (Å²) in [4.78, 5) is 12.2. The van der Waals surface area contributed by atoms with Gasteiger partial charge in [-0.2, -0.15) is 5.10 Å². The Hall–Kier alpha value is -2.35. The number of carbonyl (C=O) groups excluding carboxylic acids is 1. The Bertz CT molecular complexity index is 1070. The lowest BCUT2D eigenvalue weighted by Gasteiger charge is -2.13. The van der Waals surface area contributed by atoms with E-state index in [1.54, 1.807) is 37.4 Å². The number of halogens is 3. The van der Waals surface area contributed by atoms with Gasteiger partial charge < -0.3 is 9.47 Å². The molecule has 0 fully saturated rings. The molecule has 0 radical (unpaired) electrons. The van der Waals surface area contributed by atoms with Gasteiger partial charge in [-0.1, -0.05) is 51.8 Å². The van der Waals surface area contributed by atoms with Crippen LogP contribution < -0.4 is 14.9 Å². The van der Waals surface area contributed by atoms with E-state index in [9.17, 15) is 4.79 Å². The molecule has 154 valence electrons. The number of hydrogen-bond acceptors (Lipinski definition) is 4. The van der Waals surface area contributed by atoms with E-state index in [2.05, 4.69) is 42.4 Å². The van der Waals surface area contributed by atoms with Crippen LogP contribution in [0.3, 0.4) is 0 Å². The molecule has 0 aliphatic rings. The number of nitrogens with zero attached hydrogens (tertiary/aromatic N) is 1. The highest BCUT2D eigenvalue weighted by Gasteiger charge is 2.12. The third kappa shape index (κ3) is 5.84. The van der Waals surface area contributed by atoms with Crippen LogP contribution in [0.4, 0.5) is 0 Å². The molecule has 0 aliphatic heterocycles. The van der Waals surface area contributed by atoms with Crippen molar-refractivity contribution in [1.82, 2.24) is 5.43 Å². The third-order valence-corrected chi connectivity index (χ3v) is 5.49. The average molecular weight is 553 g/mol. The quantitative estimate of drug-likeness (QED) is 0.280. The first-order valence-electron chi connectivity index (χ1n) is 8.80. The first kappa shape index (κ1) is 22.3. The van der Waals surface area contributed by atoms with E-state index in [0.29, 0.717) is 38.7 Å². The monoisotopic (exact) mass is 550 g/mol. The van der Waals surface area contributed by atoms with Crippen molar-refractivity contribution in [2.75, 3.05) is 7.11 Å². The van der Waals surface area contributed by atoms with Crippen molar-refractivity contribution in [3.05, 3.63) is 91.3 Å². The molecule has 1 N–H and O–H groups in total. The van der Waals surface area contributed by atoms with E-state index in [1.807, 2.05) is 30.3 Å². The van der Waals surface area contributed by atoms with Crippen molar-refractivity contribution in [1.29, 1.82) is 0 Å². The molecule has 0 saturated heterocycles. The summed E-state index contributed by atoms with van der Waals surface area (Å²) in [6, 6.07) is 18.2. The van der Waals surface area contributed by atoms with E-state index in [1.165, 1.54) is 6.21 Å². The standard InChI is InChI=1S/C22H17Br2ClN2O3/c1-29-20-11-15(12-26-27-22(28)17-4-2-3-5-19(17)25)10-18(24)21(20)30-13-14-6-8-16(23)9-7-14/h2-12H,13H2,1H3,(H,27,28)/b26-12-. The number of rotatable bonds is 7. The van der Waals surface area contributed by atoms with E-state index in [-0.39, 0.29) is 0 Å². The van der Waals surface area contributed by atoms with Crippen LogP contribution in [0.5, 0.6) is 11.5 Å². The number of nitrogens with one attached hydrogen (secondary N) is 1. The lowest BCUT2D eigenvalue weighted by Crippen LogP contribution is -2.17. The molecule has 3 aromatic rings. The molecule has 0 spiro atoms. The fourth-order valence-corrected chi connectivity index (χ4v) is 3.62. The SMILES string of the molecule is COc1cc(/C=N\NC(=O)c2ccccc2Cl)cc(Br)c1OCc1ccc(Br)cc1. The van der Waals surface area contributed by atoms with E-state index in [4.69, 9.17) is 21.1 Å². The molecule has 3 rings (SSSR count). The summed E-state index contributed by atoms with van der Waals surface area (Å²) >= 11 is 13.0. The molecule has 30 heavy (non-hydrogen) atoms. The van der Waals surface area contributed by atoms with Crippen molar-refractivity contribution in [2.45, 2.75) is 6.61 Å². The second kappa shape index (κ2) is 10.6. The van der Waals surface area contributed by atoms with Gasteiger partial charge in [0.2, 0.25) is 0 Å². The normalized spacial score (nSPS) is 10.8. The molecule has 0 bridgehead atoms. The molecule has 3 aromatic carbocycles. The maximum Gasteiger partial charge on any atom is 0.272 e. The molecular formula is C22H17Br2ClN2O3. The Balaban J connectivity index is 1.70. The summed E-state index contributed by atoms with van der Waals surface area (Å²) < 4.78 is 13.1. The minimum absolute atomic E-state index is 0.353. The third-order valence-electron chi connectivity index (χ3n) is 4.05. The van der Waals surface area contributed by atoms with Crippen LogP contribution in [0.25, 0.3) is 0 Å². The van der Waals surface area contributed by atoms with Crippen molar-refractivity contribution in [2.24, 2.45) is 5.10 Å². The van der Waals surface area contributed by atoms with Crippen molar-refractivity contribution < 1.29 is 14.3 Å². The second-order valence-electron chi connectivity index (χ2n) is 6.13. The van der Waals surface area contributed by atoms with Crippen LogP contribution in [0.1, 0.15) is 21.5 Å². The molecule has 0 aliphatic carbocycles. The first-order valence-corrected chi connectivity index (χ1v) is 10.8. The van der Waals surface area contributed by atoms with Crippen molar-refractivity contribution >= 4 is 55.6 Å². The number of amides is 1. The Labute approximate surface area is 196 Å². The number of methoxy groups -OCH3 is 1. The summed E-state index contributed by atoms with van der Waals surface area (Å²) in [6.45, 7) is 0.392. The Kier molecular flexibility index (Phi) is 7.90. The van der Waals surface area contributed by atoms with Gasteiger partial charge in [-0.3, -0.25) is 4.79 Å². The zero-order valence-corrected chi connectivity index (χ0v) is 19.8. The lowest BCUT2D eigenvalue weighted by molar-refractivity contribution is 0.0955. The number of hydrogen-bond donors (Lipinski definition) is 1. The van der Waals surface area contributed by atoms with Gasteiger partial charge >= 0.3 is 0 Å². The lowest BCUT2D eigenvalue weighted by atomic mass is 10.2. The molecular weight excluding hydrogens is 536 g/mol. The highest BCUT2D eigenvalue weighted by molar-refractivity contribution is 9.10. The Morgan fingerprint density at radius 2 is 1.87 bits per heavy atom. The summed E-state index contributed by atoms with van der Waals surface area (Å²) in [6.07, 6.45) is 1.51. The van der Waals surface area contributed by atoms with Crippen LogP contribution in [0.2, 0.25) is 5.02 Å². The first-order chi connectivity index (χ1) is 14.5. The van der Waals surface area contributed by atoms with Crippen LogP contribution >= 0.6 is 43.5 Å². The molecule has 8 heteroatoms. The maximum absolute atomic E-state index is 12.2. The number of benzene rings is 3. The molecule has 0 saturated carbocycles. The van der Waals surface area contributed by atoms with Gasteiger partial charge in [0.05, 0.1) is 28.4 Å². The Morgan fingerprint density at radius 1 is 1.13 bits per heavy atom.